The molecule has 0 aliphatic carbocycles. The molecule has 2 aromatic rings. The number of nitrogens with zero attached hydrogens (tertiary/aromatic N) is 3. The number of hydrazone groups is 1. The third-order valence-electron chi connectivity index (χ3n) is 2.85. The molecule has 1 amide bonds. The first kappa shape index (κ1) is 16.1. The summed E-state index contributed by atoms with van der Waals surface area (Å²) in [6.07, 6.45) is 3.25. The van der Waals surface area contributed by atoms with E-state index >= 15 is 0 Å². The third-order valence-corrected chi connectivity index (χ3v) is 2.85. The van der Waals surface area contributed by atoms with Gasteiger partial charge in [0.1, 0.15) is 0 Å². The van der Waals surface area contributed by atoms with E-state index in [4.69, 9.17) is 4.74 Å². The lowest BCUT2D eigenvalue weighted by Crippen LogP contribution is -2.25. The Morgan fingerprint density at radius 3 is 2.83 bits per heavy atom. The fourth-order valence-electron chi connectivity index (χ4n) is 1.69. The molecule has 1 heterocycles. The van der Waals surface area contributed by atoms with Gasteiger partial charge >= 0.3 is 5.69 Å². The SMILES string of the molecule is C/C(=N/NC(=O)COc1ccccc1[N+](=O)[O-])c1cccnc1. The number of nitro benzene ring substituents is 1. The molecule has 1 aromatic heterocycles. The molecule has 0 bridgehead atoms. The molecule has 0 spiro atoms. The predicted octanol–water partition coefficient (Wildman–Crippen LogP) is 1.91. The van der Waals surface area contributed by atoms with Crippen LogP contribution in [0.1, 0.15) is 12.5 Å². The molecule has 0 unspecified atom stereocenters. The van der Waals surface area contributed by atoms with E-state index in [-0.39, 0.29) is 18.0 Å². The van der Waals surface area contributed by atoms with Gasteiger partial charge in [-0.05, 0) is 19.1 Å². The minimum Gasteiger partial charge on any atom is -0.477 e. The van der Waals surface area contributed by atoms with Crippen LogP contribution in [0.5, 0.6) is 5.75 Å². The van der Waals surface area contributed by atoms with Crippen molar-refractivity contribution in [1.29, 1.82) is 0 Å². The van der Waals surface area contributed by atoms with Crippen molar-refractivity contribution in [2.75, 3.05) is 6.61 Å². The highest BCUT2D eigenvalue weighted by Crippen LogP contribution is 2.25. The number of nitro groups is 1. The Hall–Kier alpha value is -3.29. The first-order valence-electron chi connectivity index (χ1n) is 6.67. The van der Waals surface area contributed by atoms with Crippen molar-refractivity contribution in [3.8, 4) is 5.75 Å². The summed E-state index contributed by atoms with van der Waals surface area (Å²) in [6.45, 7) is 1.34. The molecule has 23 heavy (non-hydrogen) atoms. The Labute approximate surface area is 132 Å². The minimum atomic E-state index is -0.571. The standard InChI is InChI=1S/C15H14N4O4/c1-11(12-5-4-8-16-9-12)17-18-15(20)10-23-14-7-3-2-6-13(14)19(21)22/h2-9H,10H2,1H3,(H,18,20)/b17-11-. The molecule has 8 heteroatoms. The molecule has 1 N–H and O–H groups in total. The molecular weight excluding hydrogens is 300 g/mol. The molecular formula is C15H14N4O4. The van der Waals surface area contributed by atoms with Crippen LogP contribution in [-0.4, -0.2) is 28.1 Å². The van der Waals surface area contributed by atoms with Gasteiger partial charge in [0.05, 0.1) is 10.6 Å². The van der Waals surface area contributed by atoms with Gasteiger partial charge in [-0.1, -0.05) is 18.2 Å². The highest BCUT2D eigenvalue weighted by molar-refractivity contribution is 5.98. The van der Waals surface area contributed by atoms with Gasteiger partial charge in [-0.25, -0.2) is 5.43 Å². The van der Waals surface area contributed by atoms with Crippen molar-refractivity contribution in [3.63, 3.8) is 0 Å². The minimum absolute atomic E-state index is 0.0283. The number of aromatic nitrogens is 1. The van der Waals surface area contributed by atoms with Gasteiger partial charge in [-0.15, -0.1) is 0 Å². The van der Waals surface area contributed by atoms with Crippen molar-refractivity contribution in [1.82, 2.24) is 10.4 Å². The Morgan fingerprint density at radius 1 is 1.35 bits per heavy atom. The molecule has 8 nitrogen and oxygen atoms in total. The van der Waals surface area contributed by atoms with E-state index in [1.165, 1.54) is 18.2 Å². The monoisotopic (exact) mass is 314 g/mol. The van der Waals surface area contributed by atoms with Crippen molar-refractivity contribution >= 4 is 17.3 Å². The lowest BCUT2D eigenvalue weighted by atomic mass is 10.2. The average molecular weight is 314 g/mol. The summed E-state index contributed by atoms with van der Waals surface area (Å²) in [6, 6.07) is 9.40. The summed E-state index contributed by atoms with van der Waals surface area (Å²) in [7, 11) is 0. The number of pyridine rings is 1. The first-order chi connectivity index (χ1) is 11.1. The Bertz CT molecular complexity index is 731. The fourth-order valence-corrected chi connectivity index (χ4v) is 1.69. The smallest absolute Gasteiger partial charge is 0.310 e. The van der Waals surface area contributed by atoms with Gasteiger partial charge in [0, 0.05) is 24.0 Å². The molecule has 1 aromatic carbocycles. The van der Waals surface area contributed by atoms with Crippen molar-refractivity contribution in [2.45, 2.75) is 6.92 Å². The highest BCUT2D eigenvalue weighted by Gasteiger charge is 2.14. The molecule has 118 valence electrons. The van der Waals surface area contributed by atoms with E-state index in [1.807, 2.05) is 6.07 Å². The Morgan fingerprint density at radius 2 is 2.13 bits per heavy atom. The summed E-state index contributed by atoms with van der Waals surface area (Å²) in [4.78, 5) is 25.9. The van der Waals surface area contributed by atoms with E-state index in [1.54, 1.807) is 31.5 Å². The van der Waals surface area contributed by atoms with Crippen LogP contribution >= 0.6 is 0 Å². The van der Waals surface area contributed by atoms with Crippen LogP contribution in [0, 0.1) is 10.1 Å². The van der Waals surface area contributed by atoms with Crippen LogP contribution in [0.25, 0.3) is 0 Å². The second kappa shape index (κ2) is 7.64. The number of benzene rings is 1. The number of nitrogens with one attached hydrogen (secondary N) is 1. The number of ether oxygens (including phenoxy) is 1. The Kier molecular flexibility index (Phi) is 5.35. The van der Waals surface area contributed by atoms with E-state index in [0.717, 1.165) is 5.56 Å². The number of carbonyl (C=O) groups excluding carboxylic acids is 1. The van der Waals surface area contributed by atoms with Gasteiger partial charge in [0.25, 0.3) is 5.91 Å². The van der Waals surface area contributed by atoms with Crippen molar-refractivity contribution in [2.24, 2.45) is 5.10 Å². The number of carbonyl (C=O) groups is 1. The van der Waals surface area contributed by atoms with Crippen LogP contribution in [0.4, 0.5) is 5.69 Å². The van der Waals surface area contributed by atoms with Crippen molar-refractivity contribution in [3.05, 3.63) is 64.5 Å². The molecule has 0 aliphatic heterocycles. The summed E-state index contributed by atoms with van der Waals surface area (Å²) in [5, 5.41) is 14.8. The maximum absolute atomic E-state index is 11.7. The normalized spacial score (nSPS) is 10.9. The van der Waals surface area contributed by atoms with Crippen LogP contribution in [-0.2, 0) is 4.79 Å². The van der Waals surface area contributed by atoms with Crippen LogP contribution in [0.3, 0.4) is 0 Å². The fraction of sp³-hybridized carbons (Fsp3) is 0.133. The van der Waals surface area contributed by atoms with Gasteiger partial charge in [0.2, 0.25) is 0 Å². The van der Waals surface area contributed by atoms with E-state index in [2.05, 4.69) is 15.5 Å². The van der Waals surface area contributed by atoms with E-state index in [0.29, 0.717) is 5.71 Å². The second-order valence-corrected chi connectivity index (χ2v) is 4.49. The summed E-state index contributed by atoms with van der Waals surface area (Å²) < 4.78 is 5.16. The molecule has 0 fully saturated rings. The first-order valence-corrected chi connectivity index (χ1v) is 6.67. The maximum atomic E-state index is 11.7. The zero-order chi connectivity index (χ0) is 16.7. The van der Waals surface area contributed by atoms with Crippen molar-refractivity contribution < 1.29 is 14.5 Å². The maximum Gasteiger partial charge on any atom is 0.310 e. The van der Waals surface area contributed by atoms with E-state index < -0.39 is 10.8 Å². The quantitative estimate of drug-likeness (QED) is 0.498. The molecule has 0 atom stereocenters. The molecule has 0 radical (unpaired) electrons. The topological polar surface area (TPSA) is 107 Å². The average Bonchev–Trinajstić information content (AvgIpc) is 2.58. The highest BCUT2D eigenvalue weighted by atomic mass is 16.6. The third kappa shape index (κ3) is 4.60. The lowest BCUT2D eigenvalue weighted by molar-refractivity contribution is -0.385. The van der Waals surface area contributed by atoms with Crippen LogP contribution in [0.2, 0.25) is 0 Å². The summed E-state index contributed by atoms with van der Waals surface area (Å²) in [5.74, 6) is -0.494. The number of hydrogen-bond donors (Lipinski definition) is 1. The van der Waals surface area contributed by atoms with Crippen LogP contribution < -0.4 is 10.2 Å². The molecule has 0 aliphatic rings. The summed E-state index contributed by atoms with van der Waals surface area (Å²) >= 11 is 0. The summed E-state index contributed by atoms with van der Waals surface area (Å²) in [5.41, 5.74) is 3.48. The number of para-hydroxylation sites is 2. The molecule has 0 saturated heterocycles. The predicted molar refractivity (Wildman–Crippen MR) is 83.2 cm³/mol. The zero-order valence-corrected chi connectivity index (χ0v) is 12.3. The number of rotatable bonds is 6. The number of hydrogen-bond acceptors (Lipinski definition) is 6. The molecule has 0 saturated carbocycles. The number of amides is 1. The largest absolute Gasteiger partial charge is 0.477 e. The van der Waals surface area contributed by atoms with Gasteiger partial charge in [-0.3, -0.25) is 19.9 Å². The lowest BCUT2D eigenvalue weighted by Gasteiger charge is -2.06. The second-order valence-electron chi connectivity index (χ2n) is 4.49. The van der Waals surface area contributed by atoms with Crippen LogP contribution in [0.15, 0.2) is 53.9 Å². The van der Waals surface area contributed by atoms with Gasteiger partial charge < -0.3 is 4.74 Å². The zero-order valence-electron chi connectivity index (χ0n) is 12.3. The Balaban J connectivity index is 1.92. The van der Waals surface area contributed by atoms with E-state index in [9.17, 15) is 14.9 Å². The van der Waals surface area contributed by atoms with Gasteiger partial charge in [-0.2, -0.15) is 5.10 Å². The molecule has 2 rings (SSSR count). The van der Waals surface area contributed by atoms with Gasteiger partial charge in [0.15, 0.2) is 12.4 Å².